The van der Waals surface area contributed by atoms with E-state index in [1.54, 1.807) is 7.11 Å². The van der Waals surface area contributed by atoms with Gasteiger partial charge in [-0.15, -0.1) is 0 Å². The van der Waals surface area contributed by atoms with E-state index in [9.17, 15) is 9.90 Å². The van der Waals surface area contributed by atoms with Gasteiger partial charge in [-0.05, 0) is 37.3 Å². The molecule has 0 spiro atoms. The van der Waals surface area contributed by atoms with Crippen molar-refractivity contribution >= 4 is 5.91 Å². The molecular formula is C18H27NO3. The highest BCUT2D eigenvalue weighted by Gasteiger charge is 2.34. The van der Waals surface area contributed by atoms with Gasteiger partial charge < -0.3 is 14.7 Å². The molecule has 1 atom stereocenters. The number of carbonyl (C=O) groups is 1. The van der Waals surface area contributed by atoms with Crippen molar-refractivity contribution in [1.82, 2.24) is 4.90 Å². The van der Waals surface area contributed by atoms with Crippen molar-refractivity contribution in [2.24, 2.45) is 5.41 Å². The molecule has 122 valence electrons. The quantitative estimate of drug-likeness (QED) is 0.879. The topological polar surface area (TPSA) is 49.8 Å². The van der Waals surface area contributed by atoms with Crippen LogP contribution in [0, 0.1) is 5.41 Å². The maximum atomic E-state index is 12.5. The second-order valence-electron chi connectivity index (χ2n) is 6.24. The second-order valence-corrected chi connectivity index (χ2v) is 6.24. The minimum absolute atomic E-state index is 0.0989. The second kappa shape index (κ2) is 7.63. The molecule has 1 heterocycles. The van der Waals surface area contributed by atoms with Gasteiger partial charge >= 0.3 is 0 Å². The zero-order valence-electron chi connectivity index (χ0n) is 13.7. The molecular weight excluding hydrogens is 278 g/mol. The van der Waals surface area contributed by atoms with Crippen molar-refractivity contribution < 1.29 is 14.6 Å². The standard InChI is InChI=1S/C18H27NO3/c1-3-18(14-20)11-6-12-19(13-18)17(21)10-9-15-7-4-5-8-16(15)22-2/h4-5,7-8,20H,3,6,9-14H2,1-2H3/t18-/m1/s1. The van der Waals surface area contributed by atoms with Crippen LogP contribution in [0.1, 0.15) is 38.2 Å². The first-order valence-corrected chi connectivity index (χ1v) is 8.14. The van der Waals surface area contributed by atoms with Gasteiger partial charge in [-0.1, -0.05) is 25.1 Å². The van der Waals surface area contributed by atoms with Crippen LogP contribution in [0.4, 0.5) is 0 Å². The smallest absolute Gasteiger partial charge is 0.222 e. The fraction of sp³-hybridized carbons (Fsp3) is 0.611. The Bertz CT molecular complexity index is 497. The Labute approximate surface area is 133 Å². The number of hydrogen-bond acceptors (Lipinski definition) is 3. The van der Waals surface area contributed by atoms with Crippen molar-refractivity contribution in [2.75, 3.05) is 26.8 Å². The number of ether oxygens (including phenoxy) is 1. The maximum absolute atomic E-state index is 12.5. The molecule has 0 unspecified atom stereocenters. The molecule has 1 fully saturated rings. The van der Waals surface area contributed by atoms with Crippen LogP contribution >= 0.6 is 0 Å². The minimum atomic E-state index is -0.0989. The van der Waals surface area contributed by atoms with Crippen molar-refractivity contribution in [2.45, 2.75) is 39.0 Å². The summed E-state index contributed by atoms with van der Waals surface area (Å²) >= 11 is 0. The molecule has 1 aliphatic rings. The molecule has 1 aliphatic heterocycles. The average Bonchev–Trinajstić information content (AvgIpc) is 2.59. The lowest BCUT2D eigenvalue weighted by Crippen LogP contribution is -2.47. The minimum Gasteiger partial charge on any atom is -0.496 e. The zero-order valence-corrected chi connectivity index (χ0v) is 13.7. The van der Waals surface area contributed by atoms with E-state index >= 15 is 0 Å². The number of aliphatic hydroxyl groups excluding tert-OH is 1. The lowest BCUT2D eigenvalue weighted by molar-refractivity contribution is -0.135. The van der Waals surface area contributed by atoms with Crippen molar-refractivity contribution in [3.8, 4) is 5.75 Å². The zero-order chi connectivity index (χ0) is 16.0. The number of rotatable bonds is 6. The number of likely N-dealkylation sites (tertiary alicyclic amines) is 1. The molecule has 22 heavy (non-hydrogen) atoms. The summed E-state index contributed by atoms with van der Waals surface area (Å²) < 4.78 is 5.33. The summed E-state index contributed by atoms with van der Waals surface area (Å²) in [7, 11) is 1.65. The third-order valence-electron chi connectivity index (χ3n) is 4.90. The van der Waals surface area contributed by atoms with Crippen LogP contribution in [-0.4, -0.2) is 42.7 Å². The predicted octanol–water partition coefficient (Wildman–Crippen LogP) is 2.64. The number of hydrogen-bond donors (Lipinski definition) is 1. The third kappa shape index (κ3) is 3.80. The number of aryl methyl sites for hydroxylation is 1. The normalized spacial score (nSPS) is 21.7. The highest BCUT2D eigenvalue weighted by molar-refractivity contribution is 5.76. The lowest BCUT2D eigenvalue weighted by Gasteiger charge is -2.41. The monoisotopic (exact) mass is 305 g/mol. The first kappa shape index (κ1) is 16.8. The van der Waals surface area contributed by atoms with E-state index in [2.05, 4.69) is 6.92 Å². The Morgan fingerprint density at radius 2 is 2.18 bits per heavy atom. The molecule has 1 amide bonds. The van der Waals surface area contributed by atoms with Gasteiger partial charge in [0.15, 0.2) is 0 Å². The van der Waals surface area contributed by atoms with Gasteiger partial charge in [-0.2, -0.15) is 0 Å². The van der Waals surface area contributed by atoms with E-state index < -0.39 is 0 Å². The average molecular weight is 305 g/mol. The number of piperidine rings is 1. The molecule has 1 aromatic carbocycles. The molecule has 4 nitrogen and oxygen atoms in total. The molecule has 0 aliphatic carbocycles. The number of amides is 1. The maximum Gasteiger partial charge on any atom is 0.222 e. The van der Waals surface area contributed by atoms with E-state index in [4.69, 9.17) is 4.74 Å². The van der Waals surface area contributed by atoms with Crippen LogP contribution in [0.15, 0.2) is 24.3 Å². The molecule has 4 heteroatoms. The van der Waals surface area contributed by atoms with E-state index in [1.807, 2.05) is 29.2 Å². The first-order chi connectivity index (χ1) is 10.6. The SMILES string of the molecule is CC[C@@]1(CO)CCCN(C(=O)CCc2ccccc2OC)C1. The number of methoxy groups -OCH3 is 1. The van der Waals surface area contributed by atoms with Gasteiger partial charge in [0.05, 0.1) is 13.7 Å². The molecule has 1 N–H and O–H groups in total. The fourth-order valence-electron chi connectivity index (χ4n) is 3.26. The van der Waals surface area contributed by atoms with E-state index in [-0.39, 0.29) is 17.9 Å². The fourth-order valence-corrected chi connectivity index (χ4v) is 3.26. The van der Waals surface area contributed by atoms with Gasteiger partial charge in [0.1, 0.15) is 5.75 Å². The molecule has 1 aromatic rings. The molecule has 0 bridgehead atoms. The van der Waals surface area contributed by atoms with Crippen molar-refractivity contribution in [3.05, 3.63) is 29.8 Å². The summed E-state index contributed by atoms with van der Waals surface area (Å²) in [5.74, 6) is 1.02. The van der Waals surface area contributed by atoms with Crippen molar-refractivity contribution in [1.29, 1.82) is 0 Å². The highest BCUT2D eigenvalue weighted by Crippen LogP contribution is 2.33. The van der Waals surface area contributed by atoms with E-state index in [0.29, 0.717) is 19.4 Å². The first-order valence-electron chi connectivity index (χ1n) is 8.14. The van der Waals surface area contributed by atoms with Crippen LogP contribution < -0.4 is 4.74 Å². The van der Waals surface area contributed by atoms with Crippen LogP contribution in [0.3, 0.4) is 0 Å². The predicted molar refractivity (Wildman–Crippen MR) is 86.9 cm³/mol. The molecule has 0 radical (unpaired) electrons. The summed E-state index contributed by atoms with van der Waals surface area (Å²) in [6.45, 7) is 3.76. The van der Waals surface area contributed by atoms with Gasteiger partial charge in [0.2, 0.25) is 5.91 Å². The molecule has 0 saturated carbocycles. The Morgan fingerprint density at radius 1 is 1.41 bits per heavy atom. The Kier molecular flexibility index (Phi) is 5.83. The van der Waals surface area contributed by atoms with Crippen LogP contribution in [0.25, 0.3) is 0 Å². The Balaban J connectivity index is 1.94. The Hall–Kier alpha value is -1.55. The number of carbonyl (C=O) groups excluding carboxylic acids is 1. The highest BCUT2D eigenvalue weighted by atomic mass is 16.5. The largest absolute Gasteiger partial charge is 0.496 e. The number of nitrogens with zero attached hydrogens (tertiary/aromatic N) is 1. The molecule has 0 aromatic heterocycles. The summed E-state index contributed by atoms with van der Waals surface area (Å²) in [4.78, 5) is 14.4. The van der Waals surface area contributed by atoms with Gasteiger partial charge in [0, 0.05) is 24.9 Å². The van der Waals surface area contributed by atoms with Crippen LogP contribution in [0.5, 0.6) is 5.75 Å². The number of benzene rings is 1. The van der Waals surface area contributed by atoms with Gasteiger partial charge in [-0.25, -0.2) is 0 Å². The van der Waals surface area contributed by atoms with Crippen LogP contribution in [0.2, 0.25) is 0 Å². The third-order valence-corrected chi connectivity index (χ3v) is 4.90. The Morgan fingerprint density at radius 3 is 2.86 bits per heavy atom. The van der Waals surface area contributed by atoms with E-state index in [0.717, 1.165) is 37.1 Å². The molecule has 2 rings (SSSR count). The summed E-state index contributed by atoms with van der Waals surface area (Å²) in [6, 6.07) is 7.84. The lowest BCUT2D eigenvalue weighted by atomic mass is 9.78. The molecule has 1 saturated heterocycles. The number of aliphatic hydroxyl groups is 1. The van der Waals surface area contributed by atoms with E-state index in [1.165, 1.54) is 0 Å². The summed E-state index contributed by atoms with van der Waals surface area (Å²) in [5.41, 5.74) is 0.970. The summed E-state index contributed by atoms with van der Waals surface area (Å²) in [5, 5.41) is 9.66. The summed E-state index contributed by atoms with van der Waals surface area (Å²) in [6.07, 6.45) is 4.09. The van der Waals surface area contributed by atoms with Gasteiger partial charge in [0.25, 0.3) is 0 Å². The van der Waals surface area contributed by atoms with Crippen molar-refractivity contribution in [3.63, 3.8) is 0 Å². The van der Waals surface area contributed by atoms with Gasteiger partial charge in [-0.3, -0.25) is 4.79 Å². The van der Waals surface area contributed by atoms with Crippen LogP contribution in [-0.2, 0) is 11.2 Å². The number of para-hydroxylation sites is 1.